The van der Waals surface area contributed by atoms with Crippen molar-refractivity contribution < 1.29 is 0 Å². The van der Waals surface area contributed by atoms with Crippen LogP contribution < -0.4 is 0 Å². The van der Waals surface area contributed by atoms with Crippen LogP contribution in [0.15, 0.2) is 36.6 Å². The first-order chi connectivity index (χ1) is 11.7. The van der Waals surface area contributed by atoms with E-state index >= 15 is 0 Å². The van der Waals surface area contributed by atoms with Crippen molar-refractivity contribution in [1.29, 1.82) is 0 Å². The molecule has 2 heteroatoms. The van der Waals surface area contributed by atoms with Gasteiger partial charge in [-0.3, -0.25) is 0 Å². The average molecular weight is 342 g/mol. The number of thiophene rings is 1. The van der Waals surface area contributed by atoms with E-state index in [0.717, 1.165) is 32.2 Å². The van der Waals surface area contributed by atoms with E-state index < -0.39 is 0 Å². The Morgan fingerprint density at radius 1 is 1.33 bits per heavy atom. The fraction of sp³-hybridized carbons (Fsp3) is 0.545. The number of hydrogen-bond acceptors (Lipinski definition) is 2. The van der Waals surface area contributed by atoms with Crippen LogP contribution in [-0.4, -0.2) is 17.5 Å². The van der Waals surface area contributed by atoms with Crippen molar-refractivity contribution >= 4 is 11.3 Å². The molecule has 1 unspecified atom stereocenters. The van der Waals surface area contributed by atoms with Gasteiger partial charge in [0.25, 0.3) is 0 Å². The van der Waals surface area contributed by atoms with Crippen molar-refractivity contribution in [3.8, 4) is 11.8 Å². The van der Waals surface area contributed by atoms with Gasteiger partial charge in [0.2, 0.25) is 0 Å². The van der Waals surface area contributed by atoms with Gasteiger partial charge >= 0.3 is 0 Å². The van der Waals surface area contributed by atoms with Gasteiger partial charge in [-0.05, 0) is 57.6 Å². The van der Waals surface area contributed by atoms with E-state index in [1.165, 1.54) is 41.1 Å². The number of allylic oxidation sites excluding steroid dienone is 2. The summed E-state index contributed by atoms with van der Waals surface area (Å²) in [4.78, 5) is 5.45. The Balaban J connectivity index is 1.72. The van der Waals surface area contributed by atoms with Gasteiger partial charge in [-0.2, -0.15) is 0 Å². The van der Waals surface area contributed by atoms with Crippen LogP contribution >= 0.6 is 11.3 Å². The summed E-state index contributed by atoms with van der Waals surface area (Å²) in [7, 11) is 0. The molecule has 130 valence electrons. The van der Waals surface area contributed by atoms with Crippen molar-refractivity contribution in [3.63, 3.8) is 0 Å². The van der Waals surface area contributed by atoms with E-state index in [9.17, 15) is 0 Å². The summed E-state index contributed by atoms with van der Waals surface area (Å²) in [6.45, 7) is 9.69. The maximum absolute atomic E-state index is 4.27. The molecular weight excluding hydrogens is 310 g/mol. The largest absolute Gasteiger partial charge is 0.369 e. The van der Waals surface area contributed by atoms with Crippen molar-refractivity contribution in [2.75, 3.05) is 6.54 Å². The highest BCUT2D eigenvalue weighted by atomic mass is 32.1. The number of hydrogen-bond donors (Lipinski definition) is 0. The normalized spacial score (nSPS) is 17.5. The second-order valence-corrected chi connectivity index (χ2v) is 7.88. The SMILES string of the molecule is C=C1CCC(/C=C/CCCC#CCC)N1CCCc1ccc(C)s1. The lowest BCUT2D eigenvalue weighted by Crippen LogP contribution is -2.27. The molecule has 1 aliphatic heterocycles. The predicted octanol–water partition coefficient (Wildman–Crippen LogP) is 6.11. The van der Waals surface area contributed by atoms with E-state index in [4.69, 9.17) is 0 Å². The van der Waals surface area contributed by atoms with E-state index in [0.29, 0.717) is 6.04 Å². The number of unbranched alkanes of at least 4 members (excludes halogenated alkanes) is 2. The highest BCUT2D eigenvalue weighted by molar-refractivity contribution is 7.11. The lowest BCUT2D eigenvalue weighted by atomic mass is 10.1. The molecule has 1 aliphatic rings. The summed E-state index contributed by atoms with van der Waals surface area (Å²) in [6.07, 6.45) is 13.9. The van der Waals surface area contributed by atoms with Crippen molar-refractivity contribution in [2.24, 2.45) is 0 Å². The molecule has 2 heterocycles. The lowest BCUT2D eigenvalue weighted by Gasteiger charge is -2.25. The molecule has 0 bridgehead atoms. The molecular formula is C22H31NS. The lowest BCUT2D eigenvalue weighted by molar-refractivity contribution is 0.331. The molecule has 1 aromatic rings. The molecule has 0 amide bonds. The first kappa shape index (κ1) is 18.9. The van der Waals surface area contributed by atoms with E-state index in [-0.39, 0.29) is 0 Å². The smallest absolute Gasteiger partial charge is 0.0473 e. The van der Waals surface area contributed by atoms with Crippen LogP contribution in [0, 0.1) is 18.8 Å². The fourth-order valence-corrected chi connectivity index (χ4v) is 4.12. The monoisotopic (exact) mass is 341 g/mol. The van der Waals surface area contributed by atoms with Crippen molar-refractivity contribution in [2.45, 2.75) is 71.3 Å². The minimum absolute atomic E-state index is 0.560. The molecule has 24 heavy (non-hydrogen) atoms. The van der Waals surface area contributed by atoms with E-state index in [2.05, 4.69) is 61.5 Å². The van der Waals surface area contributed by atoms with Gasteiger partial charge < -0.3 is 4.90 Å². The topological polar surface area (TPSA) is 3.24 Å². The molecule has 1 aromatic heterocycles. The van der Waals surface area contributed by atoms with Gasteiger partial charge in [0.1, 0.15) is 0 Å². The summed E-state index contributed by atoms with van der Waals surface area (Å²) in [6, 6.07) is 5.06. The summed E-state index contributed by atoms with van der Waals surface area (Å²) < 4.78 is 0. The Kier molecular flexibility index (Phi) is 8.19. The third kappa shape index (κ3) is 6.21. The number of aryl methyl sites for hydroxylation is 2. The van der Waals surface area contributed by atoms with Gasteiger partial charge in [0, 0.05) is 40.9 Å². The van der Waals surface area contributed by atoms with Gasteiger partial charge in [0.05, 0.1) is 0 Å². The zero-order valence-electron chi connectivity index (χ0n) is 15.3. The number of rotatable bonds is 8. The molecule has 0 aromatic carbocycles. The molecule has 0 radical (unpaired) electrons. The van der Waals surface area contributed by atoms with Crippen LogP contribution in [0.4, 0.5) is 0 Å². The van der Waals surface area contributed by atoms with Gasteiger partial charge in [-0.1, -0.05) is 25.7 Å². The van der Waals surface area contributed by atoms with E-state index in [1.807, 2.05) is 11.3 Å². The van der Waals surface area contributed by atoms with Gasteiger partial charge in [-0.25, -0.2) is 0 Å². The van der Waals surface area contributed by atoms with Crippen LogP contribution in [0.25, 0.3) is 0 Å². The van der Waals surface area contributed by atoms with E-state index in [1.54, 1.807) is 0 Å². The van der Waals surface area contributed by atoms with Crippen LogP contribution in [0.1, 0.15) is 61.6 Å². The average Bonchev–Trinajstić information content (AvgIpc) is 3.13. The Morgan fingerprint density at radius 3 is 2.96 bits per heavy atom. The van der Waals surface area contributed by atoms with Crippen LogP contribution in [0.3, 0.4) is 0 Å². The Morgan fingerprint density at radius 2 is 2.21 bits per heavy atom. The number of likely N-dealkylation sites (tertiary alicyclic amines) is 1. The van der Waals surface area contributed by atoms with Gasteiger partial charge in [0.15, 0.2) is 0 Å². The number of nitrogens with zero attached hydrogens (tertiary/aromatic N) is 1. The molecule has 0 aliphatic carbocycles. The molecule has 0 saturated carbocycles. The minimum atomic E-state index is 0.560. The second-order valence-electron chi connectivity index (χ2n) is 6.51. The fourth-order valence-electron chi connectivity index (χ4n) is 3.19. The van der Waals surface area contributed by atoms with Crippen molar-refractivity contribution in [3.05, 3.63) is 46.3 Å². The van der Waals surface area contributed by atoms with Crippen LogP contribution in [-0.2, 0) is 6.42 Å². The quantitative estimate of drug-likeness (QED) is 0.313. The Labute approximate surface area is 152 Å². The predicted molar refractivity (Wildman–Crippen MR) is 107 cm³/mol. The summed E-state index contributed by atoms with van der Waals surface area (Å²) in [5.74, 6) is 6.36. The Hall–Kier alpha value is -1.46. The zero-order chi connectivity index (χ0) is 17.2. The van der Waals surface area contributed by atoms with Crippen LogP contribution in [0.2, 0.25) is 0 Å². The summed E-state index contributed by atoms with van der Waals surface area (Å²) in [5, 5.41) is 0. The van der Waals surface area contributed by atoms with Crippen LogP contribution in [0.5, 0.6) is 0 Å². The second kappa shape index (κ2) is 10.4. The maximum atomic E-state index is 4.27. The highest BCUT2D eigenvalue weighted by Crippen LogP contribution is 2.28. The standard InChI is InChI=1S/C22H31NS/c1-4-5-6-7-8-9-10-12-21-16-14-19(2)23(21)18-11-13-22-17-15-20(3)24-22/h10,12,15,17,21H,2,4,7-9,11,13-14,16,18H2,1,3H3/b12-10+. The third-order valence-corrected chi connectivity index (χ3v) is 5.55. The molecule has 1 saturated heterocycles. The molecule has 1 fully saturated rings. The molecule has 0 N–H and O–H groups in total. The zero-order valence-corrected chi connectivity index (χ0v) is 16.1. The molecule has 1 nitrogen and oxygen atoms in total. The first-order valence-corrected chi connectivity index (χ1v) is 10.1. The third-order valence-electron chi connectivity index (χ3n) is 4.49. The van der Waals surface area contributed by atoms with Crippen molar-refractivity contribution in [1.82, 2.24) is 4.90 Å². The summed E-state index contributed by atoms with van der Waals surface area (Å²) >= 11 is 1.93. The summed E-state index contributed by atoms with van der Waals surface area (Å²) in [5.41, 5.74) is 1.32. The maximum Gasteiger partial charge on any atom is 0.0473 e. The molecule has 2 rings (SSSR count). The molecule has 0 spiro atoms. The first-order valence-electron chi connectivity index (χ1n) is 9.33. The Bertz CT molecular complexity index is 599. The molecule has 1 atom stereocenters. The highest BCUT2D eigenvalue weighted by Gasteiger charge is 2.23. The minimum Gasteiger partial charge on any atom is -0.369 e. The van der Waals surface area contributed by atoms with Gasteiger partial charge in [-0.15, -0.1) is 23.2 Å².